The first-order valence-corrected chi connectivity index (χ1v) is 12.1. The molecule has 5 nitrogen and oxygen atoms in total. The van der Waals surface area contributed by atoms with Crippen LogP contribution in [-0.4, -0.2) is 65.3 Å². The summed E-state index contributed by atoms with van der Waals surface area (Å²) >= 11 is 0. The van der Waals surface area contributed by atoms with Gasteiger partial charge in [-0.15, -0.1) is 0 Å². The minimum Gasteiger partial charge on any atom is -0.338 e. The second kappa shape index (κ2) is 8.70. The summed E-state index contributed by atoms with van der Waals surface area (Å²) in [6.07, 6.45) is 10.5. The van der Waals surface area contributed by atoms with E-state index in [4.69, 9.17) is 0 Å². The molecule has 2 amide bonds. The number of fused-ring (bicyclic) bond motifs is 2. The molecule has 3 heterocycles. The van der Waals surface area contributed by atoms with E-state index in [9.17, 15) is 9.59 Å². The summed E-state index contributed by atoms with van der Waals surface area (Å²) in [6.45, 7) is 5.43. The molecule has 0 N–H and O–H groups in total. The Hall–Kier alpha value is -1.88. The molecule has 0 spiro atoms. The molecule has 0 radical (unpaired) electrons. The fourth-order valence-electron chi connectivity index (χ4n) is 6.00. The van der Waals surface area contributed by atoms with Crippen molar-refractivity contribution < 1.29 is 9.59 Å². The molecule has 1 aliphatic carbocycles. The minimum absolute atomic E-state index is 0.184. The molecule has 30 heavy (non-hydrogen) atoms. The molecule has 1 atom stereocenters. The van der Waals surface area contributed by atoms with Gasteiger partial charge < -0.3 is 9.80 Å². The highest BCUT2D eigenvalue weighted by Crippen LogP contribution is 2.29. The van der Waals surface area contributed by atoms with E-state index >= 15 is 0 Å². The van der Waals surface area contributed by atoms with Crippen molar-refractivity contribution >= 4 is 11.8 Å². The molecule has 5 rings (SSSR count). The monoisotopic (exact) mass is 409 g/mol. The van der Waals surface area contributed by atoms with Crippen molar-refractivity contribution in [2.75, 3.05) is 32.7 Å². The molecule has 2 saturated heterocycles. The lowest BCUT2D eigenvalue weighted by Gasteiger charge is -2.44. The van der Waals surface area contributed by atoms with Gasteiger partial charge in [-0.2, -0.15) is 0 Å². The molecule has 1 unspecified atom stereocenters. The lowest BCUT2D eigenvalue weighted by atomic mass is 9.87. The molecule has 4 aliphatic rings. The van der Waals surface area contributed by atoms with Crippen LogP contribution in [0.2, 0.25) is 0 Å². The van der Waals surface area contributed by atoms with E-state index in [1.165, 1.54) is 56.2 Å². The van der Waals surface area contributed by atoms with Gasteiger partial charge in [0.1, 0.15) is 0 Å². The third kappa shape index (κ3) is 4.01. The number of carbonyl (C=O) groups is 2. The van der Waals surface area contributed by atoms with Crippen molar-refractivity contribution in [3.8, 4) is 0 Å². The average Bonchev–Trinajstić information content (AvgIpc) is 2.82. The zero-order chi connectivity index (χ0) is 20.5. The van der Waals surface area contributed by atoms with Crippen LogP contribution in [0.1, 0.15) is 72.9 Å². The summed E-state index contributed by atoms with van der Waals surface area (Å²) in [6, 6.07) is 6.74. The molecule has 162 valence electrons. The molecule has 0 aromatic heterocycles. The number of piperazine rings is 1. The van der Waals surface area contributed by atoms with Crippen molar-refractivity contribution in [3.63, 3.8) is 0 Å². The topological polar surface area (TPSA) is 43.9 Å². The normalized spacial score (nSPS) is 25.5. The number of carbonyl (C=O) groups excluding carboxylic acids is 2. The molecule has 1 aromatic rings. The Balaban J connectivity index is 1.24. The zero-order valence-electron chi connectivity index (χ0n) is 18.2. The second-order valence-electron chi connectivity index (χ2n) is 9.76. The first-order chi connectivity index (χ1) is 14.7. The van der Waals surface area contributed by atoms with Crippen molar-refractivity contribution in [2.24, 2.45) is 5.92 Å². The molecule has 0 bridgehead atoms. The molecule has 5 heteroatoms. The first-order valence-electron chi connectivity index (χ1n) is 12.1. The Labute approximate surface area is 180 Å². The summed E-state index contributed by atoms with van der Waals surface area (Å²) < 4.78 is 0. The quantitative estimate of drug-likeness (QED) is 0.751. The zero-order valence-corrected chi connectivity index (χ0v) is 18.2. The second-order valence-corrected chi connectivity index (χ2v) is 9.76. The van der Waals surface area contributed by atoms with Gasteiger partial charge in [0.25, 0.3) is 5.91 Å². The van der Waals surface area contributed by atoms with Crippen LogP contribution in [0.3, 0.4) is 0 Å². The van der Waals surface area contributed by atoms with Crippen LogP contribution in [-0.2, 0) is 17.8 Å². The van der Waals surface area contributed by atoms with Gasteiger partial charge in [0, 0.05) is 50.2 Å². The molecule has 1 saturated carbocycles. The van der Waals surface area contributed by atoms with Crippen molar-refractivity contribution in [3.05, 3.63) is 34.9 Å². The van der Waals surface area contributed by atoms with Gasteiger partial charge in [-0.05, 0) is 61.9 Å². The van der Waals surface area contributed by atoms with E-state index in [0.717, 1.165) is 51.0 Å². The van der Waals surface area contributed by atoms with E-state index in [-0.39, 0.29) is 11.8 Å². The van der Waals surface area contributed by atoms with Gasteiger partial charge in [0.05, 0.1) is 0 Å². The van der Waals surface area contributed by atoms with Crippen molar-refractivity contribution in [1.29, 1.82) is 0 Å². The van der Waals surface area contributed by atoms with Gasteiger partial charge in [-0.1, -0.05) is 31.7 Å². The lowest BCUT2D eigenvalue weighted by molar-refractivity contribution is -0.137. The smallest absolute Gasteiger partial charge is 0.253 e. The van der Waals surface area contributed by atoms with E-state index in [1.54, 1.807) is 0 Å². The predicted molar refractivity (Wildman–Crippen MR) is 117 cm³/mol. The van der Waals surface area contributed by atoms with Crippen LogP contribution in [0.4, 0.5) is 0 Å². The van der Waals surface area contributed by atoms with E-state index in [1.807, 2.05) is 6.07 Å². The van der Waals surface area contributed by atoms with Crippen LogP contribution in [0.25, 0.3) is 0 Å². The standard InChI is InChI=1S/C25H35N3O2/c29-24(19-6-2-1-3-7-19)27-13-11-20-16-21(9-10-22(20)17-27)25(30)28-15-14-26-12-5-4-8-23(26)18-28/h9-10,16,19,23H,1-8,11-15,17-18H2. The van der Waals surface area contributed by atoms with E-state index < -0.39 is 0 Å². The van der Waals surface area contributed by atoms with Crippen LogP contribution >= 0.6 is 0 Å². The Morgan fingerprint density at radius 1 is 0.800 bits per heavy atom. The highest BCUT2D eigenvalue weighted by atomic mass is 16.2. The number of hydrogen-bond donors (Lipinski definition) is 0. The van der Waals surface area contributed by atoms with Gasteiger partial charge in [-0.25, -0.2) is 0 Å². The highest BCUT2D eigenvalue weighted by molar-refractivity contribution is 5.94. The Morgan fingerprint density at radius 3 is 2.50 bits per heavy atom. The summed E-state index contributed by atoms with van der Waals surface area (Å²) in [5.41, 5.74) is 3.30. The number of rotatable bonds is 2. The van der Waals surface area contributed by atoms with Crippen molar-refractivity contribution in [2.45, 2.75) is 70.4 Å². The average molecular weight is 410 g/mol. The number of amides is 2. The molecule has 1 aromatic carbocycles. The summed E-state index contributed by atoms with van der Waals surface area (Å²) in [7, 11) is 0. The van der Waals surface area contributed by atoms with Crippen LogP contribution < -0.4 is 0 Å². The van der Waals surface area contributed by atoms with Gasteiger partial charge in [0.15, 0.2) is 0 Å². The third-order valence-electron chi connectivity index (χ3n) is 7.86. The van der Waals surface area contributed by atoms with Gasteiger partial charge in [0.2, 0.25) is 5.91 Å². The van der Waals surface area contributed by atoms with E-state index in [2.05, 4.69) is 26.8 Å². The Morgan fingerprint density at radius 2 is 1.63 bits per heavy atom. The first kappa shape index (κ1) is 20.0. The third-order valence-corrected chi connectivity index (χ3v) is 7.86. The molecular formula is C25H35N3O2. The SMILES string of the molecule is O=C(c1ccc2c(c1)CCN(C(=O)C1CCCCC1)C2)N1CCN2CCCCC2C1. The lowest BCUT2D eigenvalue weighted by Crippen LogP contribution is -2.56. The summed E-state index contributed by atoms with van der Waals surface area (Å²) in [5.74, 6) is 0.772. The highest BCUT2D eigenvalue weighted by Gasteiger charge is 2.32. The molecule has 3 aliphatic heterocycles. The predicted octanol–water partition coefficient (Wildman–Crippen LogP) is 3.46. The van der Waals surface area contributed by atoms with Crippen LogP contribution in [0, 0.1) is 5.92 Å². The molecule has 3 fully saturated rings. The van der Waals surface area contributed by atoms with Crippen molar-refractivity contribution in [1.82, 2.24) is 14.7 Å². The largest absolute Gasteiger partial charge is 0.338 e. The van der Waals surface area contributed by atoms with E-state index in [0.29, 0.717) is 18.5 Å². The fourth-order valence-corrected chi connectivity index (χ4v) is 6.00. The maximum atomic E-state index is 13.2. The number of hydrogen-bond acceptors (Lipinski definition) is 3. The van der Waals surface area contributed by atoms with Crippen LogP contribution in [0.15, 0.2) is 18.2 Å². The number of benzene rings is 1. The Kier molecular flexibility index (Phi) is 5.81. The summed E-state index contributed by atoms with van der Waals surface area (Å²) in [5, 5.41) is 0. The van der Waals surface area contributed by atoms with Gasteiger partial charge >= 0.3 is 0 Å². The molecular weight excluding hydrogens is 374 g/mol. The minimum atomic E-state index is 0.184. The fraction of sp³-hybridized carbons (Fsp3) is 0.680. The summed E-state index contributed by atoms with van der Waals surface area (Å²) in [4.78, 5) is 32.8. The Bertz CT molecular complexity index is 802. The maximum absolute atomic E-state index is 13.2. The van der Waals surface area contributed by atoms with Gasteiger partial charge in [-0.3, -0.25) is 14.5 Å². The number of piperidine rings is 1. The van der Waals surface area contributed by atoms with Crippen LogP contribution in [0.5, 0.6) is 0 Å². The maximum Gasteiger partial charge on any atom is 0.253 e. The number of nitrogens with zero attached hydrogens (tertiary/aromatic N) is 3.